The lowest BCUT2D eigenvalue weighted by Gasteiger charge is -2.51. The van der Waals surface area contributed by atoms with Gasteiger partial charge in [-0.3, -0.25) is 0 Å². The molecule has 2 nitrogen and oxygen atoms in total. The van der Waals surface area contributed by atoms with E-state index < -0.39 is 16.9 Å². The summed E-state index contributed by atoms with van der Waals surface area (Å²) in [7, 11) is 6.86. The van der Waals surface area contributed by atoms with Gasteiger partial charge in [0.25, 0.3) is 0 Å². The predicted octanol–water partition coefficient (Wildman–Crippen LogP) is 0.600. The van der Waals surface area contributed by atoms with Crippen LogP contribution >= 0.6 is 22.2 Å². The Bertz CT molecular complexity index is 131. The number of nitrogens with zero attached hydrogens (tertiary/aromatic N) is 2. The minimum absolute atomic E-state index is 0.834. The molecule has 1 aliphatic heterocycles. The van der Waals surface area contributed by atoms with E-state index in [4.69, 9.17) is 22.2 Å². The first-order chi connectivity index (χ1) is 4.31. The average Bonchev–Trinajstić information content (AvgIpc) is 1.84. The van der Waals surface area contributed by atoms with Gasteiger partial charge in [-0.15, -0.1) is 0 Å². The molecule has 0 bridgehead atoms. The van der Waals surface area contributed by atoms with E-state index in [-0.39, 0.29) is 0 Å². The van der Waals surface area contributed by atoms with E-state index in [0.29, 0.717) is 0 Å². The lowest BCUT2D eigenvalue weighted by Crippen LogP contribution is -2.88. The van der Waals surface area contributed by atoms with E-state index in [1.165, 1.54) is 0 Å². The van der Waals surface area contributed by atoms with Crippen LogP contribution in [0.2, 0.25) is 0 Å². The Morgan fingerprint density at radius 1 is 0.800 bits per heavy atom. The van der Waals surface area contributed by atoms with Crippen LogP contribution in [0, 0.1) is 0 Å². The molecule has 2 radical (unpaired) electrons. The highest BCUT2D eigenvalue weighted by atomic mass is 35.6. The highest BCUT2D eigenvalue weighted by Gasteiger charge is 2.78. The fourth-order valence-corrected chi connectivity index (χ4v) is 11.1. The first kappa shape index (κ1) is 9.03. The highest BCUT2D eigenvalue weighted by molar-refractivity contribution is 7.15. The summed E-state index contributed by atoms with van der Waals surface area (Å²) in [6, 6.07) is 0. The maximum atomic E-state index is 6.21. The van der Waals surface area contributed by atoms with Gasteiger partial charge in [0.1, 0.15) is 0 Å². The number of quaternary nitrogens is 2. The van der Waals surface area contributed by atoms with Crippen LogP contribution in [-0.2, 0) is 0 Å². The quantitative estimate of drug-likeness (QED) is 0.410. The summed E-state index contributed by atoms with van der Waals surface area (Å²) in [5.41, 5.74) is 0. The fraction of sp³-hybridized carbons (Fsp3) is 1.00. The van der Waals surface area contributed by atoms with Crippen molar-refractivity contribution in [1.82, 2.24) is 0 Å². The van der Waals surface area contributed by atoms with Crippen LogP contribution in [0.25, 0.3) is 0 Å². The van der Waals surface area contributed by atoms with E-state index >= 15 is 0 Å². The second-order valence-corrected chi connectivity index (χ2v) is 11.9. The van der Waals surface area contributed by atoms with Crippen LogP contribution in [-0.4, -0.2) is 52.7 Å². The molecule has 1 saturated heterocycles. The molecule has 10 heavy (non-hydrogen) atoms. The zero-order valence-corrected chi connectivity index (χ0v) is 10.2. The smallest absolute Gasteiger partial charge is 0.316 e. The molecule has 58 valence electrons. The van der Waals surface area contributed by atoms with E-state index in [0.717, 1.165) is 7.63 Å². The van der Waals surface area contributed by atoms with Crippen LogP contribution < -0.4 is 0 Å². The maximum absolute atomic E-state index is 6.21. The van der Waals surface area contributed by atoms with Crippen molar-refractivity contribution in [2.75, 3.05) is 28.2 Å². The Balaban J connectivity index is 2.78. The minimum atomic E-state index is -0.834. The molecule has 0 spiro atoms. The SMILES string of the molecule is C[N+]1(C)[Si](Cl)[N+](C)(C)[Si]1Cl. The monoisotopic (exact) mass is 214 g/mol. The summed E-state index contributed by atoms with van der Waals surface area (Å²) in [5, 5.41) is 0. The summed E-state index contributed by atoms with van der Waals surface area (Å²) >= 11 is 12.4. The maximum Gasteiger partial charge on any atom is 0.730 e. The summed E-state index contributed by atoms with van der Waals surface area (Å²) in [5.74, 6) is 0. The Morgan fingerprint density at radius 2 is 1.00 bits per heavy atom. The second kappa shape index (κ2) is 2.21. The molecule has 0 N–H and O–H groups in total. The molecule has 0 unspecified atom stereocenters. The van der Waals surface area contributed by atoms with Gasteiger partial charge in [0, 0.05) is 28.2 Å². The number of rotatable bonds is 0. The zero-order chi connectivity index (χ0) is 8.15. The molecule has 0 atom stereocenters. The van der Waals surface area contributed by atoms with Crippen molar-refractivity contribution >= 4 is 39.0 Å². The summed E-state index contributed by atoms with van der Waals surface area (Å²) in [6.45, 7) is 0. The van der Waals surface area contributed by atoms with Crippen molar-refractivity contribution in [3.05, 3.63) is 0 Å². The molecular weight excluding hydrogens is 203 g/mol. The van der Waals surface area contributed by atoms with Gasteiger partial charge >= 0.3 is 16.9 Å². The van der Waals surface area contributed by atoms with Crippen LogP contribution in [0.3, 0.4) is 0 Å². The first-order valence-corrected chi connectivity index (χ1v) is 7.87. The van der Waals surface area contributed by atoms with Crippen molar-refractivity contribution in [2.45, 2.75) is 0 Å². The standard InChI is InChI=1S/C4H12Cl2N2Si2/c1-7(2)9(5)8(3,4)10(7)6/h1-4H3/q+2. The lowest BCUT2D eigenvalue weighted by atomic mass is 11.2. The Labute approximate surface area is 75.1 Å². The van der Waals surface area contributed by atoms with E-state index in [2.05, 4.69) is 28.2 Å². The molecule has 1 heterocycles. The molecular formula is C4H12Cl2N2Si2+2. The lowest BCUT2D eigenvalue weighted by molar-refractivity contribution is -0.901. The number of hydrogen-bond acceptors (Lipinski definition) is 0. The van der Waals surface area contributed by atoms with Crippen LogP contribution in [0.15, 0.2) is 0 Å². The second-order valence-electron chi connectivity index (χ2n) is 3.44. The molecule has 0 aliphatic carbocycles. The topological polar surface area (TPSA) is 0 Å². The minimum Gasteiger partial charge on any atom is -0.316 e. The average molecular weight is 215 g/mol. The molecule has 0 aromatic carbocycles. The Kier molecular flexibility index (Phi) is 2.00. The van der Waals surface area contributed by atoms with Gasteiger partial charge in [-0.25, -0.2) is 0 Å². The molecule has 1 fully saturated rings. The van der Waals surface area contributed by atoms with Gasteiger partial charge in [0.2, 0.25) is 0 Å². The predicted molar refractivity (Wildman–Crippen MR) is 47.4 cm³/mol. The fourth-order valence-electron chi connectivity index (χ4n) is 1.36. The van der Waals surface area contributed by atoms with Gasteiger partial charge < -0.3 is 7.63 Å². The Morgan fingerprint density at radius 3 is 1.10 bits per heavy atom. The zero-order valence-electron chi connectivity index (χ0n) is 6.65. The number of hydrogen-bond donors (Lipinski definition) is 0. The summed E-state index contributed by atoms with van der Waals surface area (Å²) in [6.07, 6.45) is 0. The normalized spacial score (nSPS) is 31.8. The molecule has 1 aliphatic rings. The molecule has 0 aromatic rings. The van der Waals surface area contributed by atoms with Crippen molar-refractivity contribution in [2.24, 2.45) is 0 Å². The molecule has 6 heteroatoms. The van der Waals surface area contributed by atoms with Crippen molar-refractivity contribution < 1.29 is 7.63 Å². The molecule has 1 rings (SSSR count). The van der Waals surface area contributed by atoms with Crippen molar-refractivity contribution in [1.29, 1.82) is 0 Å². The van der Waals surface area contributed by atoms with Crippen LogP contribution in [0.5, 0.6) is 0 Å². The molecule has 0 amide bonds. The number of halogens is 2. The third-order valence-electron chi connectivity index (χ3n) is 1.85. The Hall–Kier alpha value is 0.934. The largest absolute Gasteiger partial charge is 0.730 e. The highest BCUT2D eigenvalue weighted by Crippen LogP contribution is 2.34. The van der Waals surface area contributed by atoms with Crippen LogP contribution in [0.4, 0.5) is 0 Å². The van der Waals surface area contributed by atoms with Gasteiger partial charge in [0.15, 0.2) is 0 Å². The van der Waals surface area contributed by atoms with Gasteiger partial charge in [0.05, 0.1) is 0 Å². The van der Waals surface area contributed by atoms with E-state index in [1.54, 1.807) is 0 Å². The van der Waals surface area contributed by atoms with Gasteiger partial charge in [-0.1, -0.05) is 0 Å². The van der Waals surface area contributed by atoms with Crippen molar-refractivity contribution in [3.63, 3.8) is 0 Å². The molecule has 0 aromatic heterocycles. The third-order valence-corrected chi connectivity index (χ3v) is 14.8. The molecule has 0 saturated carbocycles. The van der Waals surface area contributed by atoms with E-state index in [1.807, 2.05) is 0 Å². The van der Waals surface area contributed by atoms with Crippen molar-refractivity contribution in [3.8, 4) is 0 Å². The summed E-state index contributed by atoms with van der Waals surface area (Å²) in [4.78, 5) is 0. The first-order valence-electron chi connectivity index (χ1n) is 3.06. The van der Waals surface area contributed by atoms with Gasteiger partial charge in [-0.05, 0) is 22.2 Å². The van der Waals surface area contributed by atoms with Crippen LogP contribution in [0.1, 0.15) is 0 Å². The van der Waals surface area contributed by atoms with E-state index in [9.17, 15) is 0 Å². The van der Waals surface area contributed by atoms with Gasteiger partial charge in [-0.2, -0.15) is 0 Å². The third kappa shape index (κ3) is 0.905. The summed E-state index contributed by atoms with van der Waals surface area (Å²) < 4.78 is 1.79.